The molecule has 1 aromatic carbocycles. The molecule has 1 heterocycles. The predicted molar refractivity (Wildman–Crippen MR) is 84.3 cm³/mol. The second-order valence-electron chi connectivity index (χ2n) is 5.82. The van der Waals surface area contributed by atoms with E-state index in [1.54, 1.807) is 0 Å². The SMILES string of the molecule is CCOc1ccc(CN(C)C(=O)C2NCCCC2C)cc1. The summed E-state index contributed by atoms with van der Waals surface area (Å²) < 4.78 is 5.43. The monoisotopic (exact) mass is 290 g/mol. The van der Waals surface area contributed by atoms with Gasteiger partial charge in [-0.2, -0.15) is 0 Å². The van der Waals surface area contributed by atoms with Crippen LogP contribution >= 0.6 is 0 Å². The maximum absolute atomic E-state index is 12.5. The fourth-order valence-corrected chi connectivity index (χ4v) is 2.83. The molecule has 1 fully saturated rings. The van der Waals surface area contributed by atoms with Gasteiger partial charge in [-0.3, -0.25) is 4.79 Å². The second kappa shape index (κ2) is 7.46. The van der Waals surface area contributed by atoms with Crippen LogP contribution in [0.4, 0.5) is 0 Å². The van der Waals surface area contributed by atoms with Crippen molar-refractivity contribution < 1.29 is 9.53 Å². The maximum atomic E-state index is 12.5. The van der Waals surface area contributed by atoms with E-state index in [1.807, 2.05) is 43.1 Å². The molecule has 0 radical (unpaired) electrons. The van der Waals surface area contributed by atoms with Crippen molar-refractivity contribution in [3.63, 3.8) is 0 Å². The average molecular weight is 290 g/mol. The molecule has 116 valence electrons. The third-order valence-corrected chi connectivity index (χ3v) is 4.07. The van der Waals surface area contributed by atoms with Crippen LogP contribution in [0.1, 0.15) is 32.3 Å². The summed E-state index contributed by atoms with van der Waals surface area (Å²) in [6.45, 7) is 6.37. The smallest absolute Gasteiger partial charge is 0.240 e. The Labute approximate surface area is 127 Å². The van der Waals surface area contributed by atoms with Crippen LogP contribution in [0.25, 0.3) is 0 Å². The number of ether oxygens (including phenoxy) is 1. The fourth-order valence-electron chi connectivity index (χ4n) is 2.83. The minimum Gasteiger partial charge on any atom is -0.494 e. The summed E-state index contributed by atoms with van der Waals surface area (Å²) >= 11 is 0. The molecule has 2 atom stereocenters. The number of likely N-dealkylation sites (N-methyl/N-ethyl adjacent to an activating group) is 1. The molecule has 4 nitrogen and oxygen atoms in total. The standard InChI is InChI=1S/C17H26N2O2/c1-4-21-15-9-7-14(8-10-15)12-19(3)17(20)16-13(2)6-5-11-18-16/h7-10,13,16,18H,4-6,11-12H2,1-3H3. The largest absolute Gasteiger partial charge is 0.494 e. The minimum atomic E-state index is -0.0357. The van der Waals surface area contributed by atoms with Gasteiger partial charge in [-0.15, -0.1) is 0 Å². The number of amides is 1. The summed E-state index contributed by atoms with van der Waals surface area (Å²) in [5, 5.41) is 3.35. The molecular weight excluding hydrogens is 264 g/mol. The number of hydrogen-bond donors (Lipinski definition) is 1. The van der Waals surface area contributed by atoms with E-state index in [-0.39, 0.29) is 11.9 Å². The van der Waals surface area contributed by atoms with E-state index in [4.69, 9.17) is 4.74 Å². The number of carbonyl (C=O) groups excluding carboxylic acids is 1. The van der Waals surface area contributed by atoms with Gasteiger partial charge in [-0.05, 0) is 49.9 Å². The van der Waals surface area contributed by atoms with Gasteiger partial charge in [-0.25, -0.2) is 0 Å². The molecule has 0 saturated carbocycles. The number of hydrogen-bond acceptors (Lipinski definition) is 3. The van der Waals surface area contributed by atoms with Crippen LogP contribution in [0.15, 0.2) is 24.3 Å². The first-order valence-corrected chi connectivity index (χ1v) is 7.82. The molecule has 0 spiro atoms. The summed E-state index contributed by atoms with van der Waals surface area (Å²) in [7, 11) is 1.88. The Morgan fingerprint density at radius 1 is 1.38 bits per heavy atom. The summed E-state index contributed by atoms with van der Waals surface area (Å²) in [6, 6.07) is 7.92. The van der Waals surface area contributed by atoms with E-state index in [0.717, 1.165) is 30.7 Å². The summed E-state index contributed by atoms with van der Waals surface area (Å²) in [4.78, 5) is 14.3. The van der Waals surface area contributed by atoms with Crippen molar-refractivity contribution in [2.45, 2.75) is 39.3 Å². The first-order chi connectivity index (χ1) is 10.1. The Morgan fingerprint density at radius 3 is 2.71 bits per heavy atom. The lowest BCUT2D eigenvalue weighted by molar-refractivity contribution is -0.134. The lowest BCUT2D eigenvalue weighted by atomic mass is 9.92. The van der Waals surface area contributed by atoms with E-state index in [1.165, 1.54) is 0 Å². The number of nitrogens with zero attached hydrogens (tertiary/aromatic N) is 1. The maximum Gasteiger partial charge on any atom is 0.240 e. The molecule has 1 aliphatic heterocycles. The Balaban J connectivity index is 1.93. The van der Waals surface area contributed by atoms with Crippen LogP contribution in [0, 0.1) is 5.92 Å². The third-order valence-electron chi connectivity index (χ3n) is 4.07. The van der Waals surface area contributed by atoms with Gasteiger partial charge in [0.2, 0.25) is 5.91 Å². The molecule has 1 N–H and O–H groups in total. The zero-order valence-electron chi connectivity index (χ0n) is 13.3. The highest BCUT2D eigenvalue weighted by molar-refractivity contribution is 5.82. The van der Waals surface area contributed by atoms with Crippen LogP contribution in [0.3, 0.4) is 0 Å². The quantitative estimate of drug-likeness (QED) is 0.905. The molecule has 0 bridgehead atoms. The van der Waals surface area contributed by atoms with Gasteiger partial charge in [-0.1, -0.05) is 19.1 Å². The lowest BCUT2D eigenvalue weighted by Gasteiger charge is -2.32. The number of carbonyl (C=O) groups is 1. The van der Waals surface area contributed by atoms with Crippen LogP contribution in [-0.2, 0) is 11.3 Å². The third kappa shape index (κ3) is 4.21. The van der Waals surface area contributed by atoms with Crippen molar-refractivity contribution in [1.29, 1.82) is 0 Å². The molecule has 0 aromatic heterocycles. The molecule has 21 heavy (non-hydrogen) atoms. The zero-order chi connectivity index (χ0) is 15.2. The van der Waals surface area contributed by atoms with E-state index < -0.39 is 0 Å². The molecule has 1 amide bonds. The highest BCUT2D eigenvalue weighted by atomic mass is 16.5. The Bertz CT molecular complexity index is 458. The van der Waals surface area contributed by atoms with Gasteiger partial charge in [0.25, 0.3) is 0 Å². The van der Waals surface area contributed by atoms with Gasteiger partial charge < -0.3 is 15.0 Å². The van der Waals surface area contributed by atoms with Crippen LogP contribution in [0.2, 0.25) is 0 Å². The zero-order valence-corrected chi connectivity index (χ0v) is 13.3. The van der Waals surface area contributed by atoms with E-state index in [2.05, 4.69) is 12.2 Å². The second-order valence-corrected chi connectivity index (χ2v) is 5.82. The molecule has 2 rings (SSSR count). The molecule has 2 unspecified atom stereocenters. The number of benzene rings is 1. The highest BCUT2D eigenvalue weighted by Crippen LogP contribution is 2.18. The molecule has 0 aliphatic carbocycles. The van der Waals surface area contributed by atoms with Gasteiger partial charge >= 0.3 is 0 Å². The van der Waals surface area contributed by atoms with Crippen molar-refractivity contribution in [3.8, 4) is 5.75 Å². The number of piperidine rings is 1. The average Bonchev–Trinajstić information content (AvgIpc) is 2.49. The molecule has 1 aliphatic rings. The van der Waals surface area contributed by atoms with Gasteiger partial charge in [0.15, 0.2) is 0 Å². The van der Waals surface area contributed by atoms with Crippen LogP contribution < -0.4 is 10.1 Å². The van der Waals surface area contributed by atoms with Crippen molar-refractivity contribution >= 4 is 5.91 Å². The molecule has 1 saturated heterocycles. The summed E-state index contributed by atoms with van der Waals surface area (Å²) in [6.07, 6.45) is 2.29. The summed E-state index contributed by atoms with van der Waals surface area (Å²) in [5.41, 5.74) is 1.12. The van der Waals surface area contributed by atoms with Crippen molar-refractivity contribution in [1.82, 2.24) is 10.2 Å². The molecule has 1 aromatic rings. The van der Waals surface area contributed by atoms with Gasteiger partial charge in [0, 0.05) is 13.6 Å². The fraction of sp³-hybridized carbons (Fsp3) is 0.588. The number of nitrogens with one attached hydrogen (secondary N) is 1. The van der Waals surface area contributed by atoms with E-state index in [9.17, 15) is 4.79 Å². The number of rotatable bonds is 5. The van der Waals surface area contributed by atoms with Crippen molar-refractivity contribution in [3.05, 3.63) is 29.8 Å². The van der Waals surface area contributed by atoms with Crippen molar-refractivity contribution in [2.75, 3.05) is 20.2 Å². The normalized spacial score (nSPS) is 21.9. The van der Waals surface area contributed by atoms with E-state index >= 15 is 0 Å². The first-order valence-electron chi connectivity index (χ1n) is 7.82. The first kappa shape index (κ1) is 15.8. The predicted octanol–water partition coefficient (Wildman–Crippen LogP) is 2.43. The Hall–Kier alpha value is -1.55. The Kier molecular flexibility index (Phi) is 5.62. The topological polar surface area (TPSA) is 41.6 Å². The van der Waals surface area contributed by atoms with E-state index in [0.29, 0.717) is 19.1 Å². The highest BCUT2D eigenvalue weighted by Gasteiger charge is 2.29. The minimum absolute atomic E-state index is 0.0357. The van der Waals surface area contributed by atoms with Crippen LogP contribution in [-0.4, -0.2) is 37.0 Å². The van der Waals surface area contributed by atoms with Gasteiger partial charge in [0.05, 0.1) is 12.6 Å². The molecule has 4 heteroatoms. The van der Waals surface area contributed by atoms with Crippen molar-refractivity contribution in [2.24, 2.45) is 5.92 Å². The summed E-state index contributed by atoms with van der Waals surface area (Å²) in [5.74, 6) is 1.47. The molecular formula is C17H26N2O2. The Morgan fingerprint density at radius 2 is 2.10 bits per heavy atom. The van der Waals surface area contributed by atoms with Crippen LogP contribution in [0.5, 0.6) is 5.75 Å². The van der Waals surface area contributed by atoms with Gasteiger partial charge in [0.1, 0.15) is 5.75 Å². The lowest BCUT2D eigenvalue weighted by Crippen LogP contribution is -2.51.